The molecule has 1 aliphatic carbocycles. The maximum absolute atomic E-state index is 12.4. The SMILES string of the molecule is O=C1N=C2C=CC=CC2C(=O)N1c1ccc(Br)cc1. The summed E-state index contributed by atoms with van der Waals surface area (Å²) in [5, 5.41) is 0. The van der Waals surface area contributed by atoms with Crippen LogP contribution in [0.5, 0.6) is 0 Å². The Morgan fingerprint density at radius 3 is 2.58 bits per heavy atom. The number of anilines is 1. The second kappa shape index (κ2) is 4.59. The quantitative estimate of drug-likeness (QED) is 0.799. The third-order valence-corrected chi connectivity index (χ3v) is 3.52. The fraction of sp³-hybridized carbons (Fsp3) is 0.0714. The number of urea groups is 1. The molecule has 0 spiro atoms. The number of hydrogen-bond acceptors (Lipinski definition) is 2. The first-order valence-corrected chi connectivity index (χ1v) is 6.53. The molecule has 0 saturated carbocycles. The molecule has 1 unspecified atom stereocenters. The first kappa shape index (κ1) is 12.0. The van der Waals surface area contributed by atoms with Gasteiger partial charge in [-0.05, 0) is 30.3 Å². The Morgan fingerprint density at radius 2 is 1.84 bits per heavy atom. The van der Waals surface area contributed by atoms with E-state index in [-0.39, 0.29) is 5.91 Å². The molecule has 0 radical (unpaired) electrons. The lowest BCUT2D eigenvalue weighted by Gasteiger charge is -2.28. The summed E-state index contributed by atoms with van der Waals surface area (Å²) in [5.41, 5.74) is 1.04. The number of benzene rings is 1. The maximum atomic E-state index is 12.4. The Balaban J connectivity index is 2.03. The highest BCUT2D eigenvalue weighted by molar-refractivity contribution is 9.10. The van der Waals surface area contributed by atoms with E-state index in [4.69, 9.17) is 0 Å². The first-order valence-electron chi connectivity index (χ1n) is 5.74. The molecule has 1 heterocycles. The van der Waals surface area contributed by atoms with E-state index in [0.717, 1.165) is 9.37 Å². The van der Waals surface area contributed by atoms with Crippen LogP contribution in [0.4, 0.5) is 10.5 Å². The zero-order valence-corrected chi connectivity index (χ0v) is 11.4. The number of fused-ring (bicyclic) bond motifs is 1. The zero-order valence-electron chi connectivity index (χ0n) is 9.79. The Labute approximate surface area is 118 Å². The summed E-state index contributed by atoms with van der Waals surface area (Å²) >= 11 is 3.32. The predicted octanol–water partition coefficient (Wildman–Crippen LogP) is 3.10. The number of carbonyl (C=O) groups excluding carboxylic acids is 2. The van der Waals surface area contributed by atoms with Crippen LogP contribution in [0.2, 0.25) is 0 Å². The van der Waals surface area contributed by atoms with Gasteiger partial charge in [-0.15, -0.1) is 0 Å². The molecule has 0 N–H and O–H groups in total. The number of nitrogens with zero attached hydrogens (tertiary/aromatic N) is 2. The summed E-state index contributed by atoms with van der Waals surface area (Å²) in [7, 11) is 0. The number of rotatable bonds is 1. The van der Waals surface area contributed by atoms with E-state index in [1.165, 1.54) is 0 Å². The van der Waals surface area contributed by atoms with Crippen molar-refractivity contribution in [1.82, 2.24) is 0 Å². The van der Waals surface area contributed by atoms with E-state index >= 15 is 0 Å². The predicted molar refractivity (Wildman–Crippen MR) is 76.2 cm³/mol. The molecule has 3 rings (SSSR count). The highest BCUT2D eigenvalue weighted by Gasteiger charge is 2.36. The minimum atomic E-state index is -0.543. The number of imide groups is 1. The second-order valence-corrected chi connectivity index (χ2v) is 5.11. The summed E-state index contributed by atoms with van der Waals surface area (Å²) in [4.78, 5) is 29.5. The molecule has 4 nitrogen and oxygen atoms in total. The van der Waals surface area contributed by atoms with Gasteiger partial charge >= 0.3 is 6.03 Å². The molecule has 2 aliphatic rings. The fourth-order valence-corrected chi connectivity index (χ4v) is 2.33. The number of amides is 3. The molecule has 0 fully saturated rings. The van der Waals surface area contributed by atoms with Crippen molar-refractivity contribution in [3.8, 4) is 0 Å². The van der Waals surface area contributed by atoms with E-state index < -0.39 is 11.9 Å². The van der Waals surface area contributed by atoms with E-state index in [1.54, 1.807) is 48.6 Å². The van der Waals surface area contributed by atoms with Crippen LogP contribution in [0, 0.1) is 5.92 Å². The van der Waals surface area contributed by atoms with Gasteiger partial charge in [0.1, 0.15) is 0 Å². The Kier molecular flexibility index (Phi) is 2.91. The molecule has 1 aliphatic heterocycles. The largest absolute Gasteiger partial charge is 0.355 e. The van der Waals surface area contributed by atoms with Crippen LogP contribution in [0.3, 0.4) is 0 Å². The van der Waals surface area contributed by atoms with Gasteiger partial charge < -0.3 is 0 Å². The number of aliphatic imine (C=N–C) groups is 1. The zero-order chi connectivity index (χ0) is 13.4. The number of allylic oxidation sites excluding steroid dienone is 3. The summed E-state index contributed by atoms with van der Waals surface area (Å²) in [6, 6.07) is 6.45. The van der Waals surface area contributed by atoms with Crippen molar-refractivity contribution in [3.63, 3.8) is 0 Å². The molecule has 1 aromatic carbocycles. The summed E-state index contributed by atoms with van der Waals surface area (Å²) in [6.07, 6.45) is 7.00. The van der Waals surface area contributed by atoms with Crippen molar-refractivity contribution < 1.29 is 9.59 Å². The third kappa shape index (κ3) is 2.06. The van der Waals surface area contributed by atoms with E-state index in [2.05, 4.69) is 20.9 Å². The second-order valence-electron chi connectivity index (χ2n) is 4.19. The summed E-state index contributed by atoms with van der Waals surface area (Å²) in [6.45, 7) is 0. The van der Waals surface area contributed by atoms with Crippen LogP contribution < -0.4 is 4.90 Å². The molecular weight excluding hydrogens is 308 g/mol. The molecule has 0 saturated heterocycles. The van der Waals surface area contributed by atoms with Gasteiger partial charge in [0.15, 0.2) is 0 Å². The van der Waals surface area contributed by atoms with E-state index in [0.29, 0.717) is 11.4 Å². The molecule has 0 bridgehead atoms. The van der Waals surface area contributed by atoms with Crippen LogP contribution in [-0.4, -0.2) is 17.6 Å². The normalized spacial score (nSPS) is 21.4. The van der Waals surface area contributed by atoms with Crippen LogP contribution in [0.15, 0.2) is 58.0 Å². The van der Waals surface area contributed by atoms with Crippen molar-refractivity contribution in [2.45, 2.75) is 0 Å². The smallest absolute Gasteiger partial charge is 0.273 e. The first-order chi connectivity index (χ1) is 9.16. The topological polar surface area (TPSA) is 49.7 Å². The molecule has 1 atom stereocenters. The van der Waals surface area contributed by atoms with Gasteiger partial charge in [0.2, 0.25) is 5.91 Å². The highest BCUT2D eigenvalue weighted by Crippen LogP contribution is 2.26. The average Bonchev–Trinajstić information content (AvgIpc) is 2.41. The molecular formula is C14H9BrN2O2. The third-order valence-electron chi connectivity index (χ3n) is 2.99. The van der Waals surface area contributed by atoms with Crippen molar-refractivity contribution in [1.29, 1.82) is 0 Å². The Hall–Kier alpha value is -2.01. The van der Waals surface area contributed by atoms with Gasteiger partial charge in [-0.25, -0.2) is 9.69 Å². The molecule has 3 amide bonds. The Bertz CT molecular complexity index is 644. The molecule has 94 valence electrons. The van der Waals surface area contributed by atoms with E-state index in [9.17, 15) is 9.59 Å². The lowest BCUT2D eigenvalue weighted by Crippen LogP contribution is -2.46. The monoisotopic (exact) mass is 316 g/mol. The van der Waals surface area contributed by atoms with Crippen LogP contribution in [-0.2, 0) is 4.79 Å². The van der Waals surface area contributed by atoms with Crippen LogP contribution in [0.25, 0.3) is 0 Å². The minimum absolute atomic E-state index is 0.266. The molecule has 0 aromatic heterocycles. The maximum Gasteiger partial charge on any atom is 0.355 e. The summed E-state index contributed by atoms with van der Waals surface area (Å²) in [5.74, 6) is -0.732. The standard InChI is InChI=1S/C14H9BrN2O2/c15-9-5-7-10(8-6-9)17-13(18)11-3-1-2-4-12(11)16-14(17)19/h1-8,11H. The summed E-state index contributed by atoms with van der Waals surface area (Å²) < 4.78 is 0.887. The highest BCUT2D eigenvalue weighted by atomic mass is 79.9. The van der Waals surface area contributed by atoms with Crippen LogP contribution >= 0.6 is 15.9 Å². The van der Waals surface area contributed by atoms with Gasteiger partial charge in [-0.2, -0.15) is 4.99 Å². The van der Waals surface area contributed by atoms with Gasteiger partial charge in [-0.3, -0.25) is 4.79 Å². The Morgan fingerprint density at radius 1 is 1.11 bits per heavy atom. The number of hydrogen-bond donors (Lipinski definition) is 0. The number of halogens is 1. The lowest BCUT2D eigenvalue weighted by atomic mass is 9.95. The minimum Gasteiger partial charge on any atom is -0.273 e. The van der Waals surface area contributed by atoms with Gasteiger partial charge in [0, 0.05) is 4.47 Å². The molecule has 19 heavy (non-hydrogen) atoms. The van der Waals surface area contributed by atoms with Gasteiger partial charge in [0.25, 0.3) is 0 Å². The van der Waals surface area contributed by atoms with Crippen molar-refractivity contribution in [2.75, 3.05) is 4.90 Å². The van der Waals surface area contributed by atoms with Crippen molar-refractivity contribution >= 4 is 39.3 Å². The lowest BCUT2D eigenvalue weighted by molar-refractivity contribution is -0.118. The average molecular weight is 317 g/mol. The van der Waals surface area contributed by atoms with Gasteiger partial charge in [-0.1, -0.05) is 34.2 Å². The van der Waals surface area contributed by atoms with Crippen LogP contribution in [0.1, 0.15) is 0 Å². The van der Waals surface area contributed by atoms with E-state index in [1.807, 2.05) is 0 Å². The fourth-order valence-electron chi connectivity index (χ4n) is 2.07. The van der Waals surface area contributed by atoms with Crippen molar-refractivity contribution in [3.05, 3.63) is 53.0 Å². The molecule has 5 heteroatoms. The van der Waals surface area contributed by atoms with Crippen molar-refractivity contribution in [2.24, 2.45) is 10.9 Å². The number of carbonyl (C=O) groups is 2. The molecule has 1 aromatic rings. The van der Waals surface area contributed by atoms with Gasteiger partial charge in [0.05, 0.1) is 17.3 Å².